The molecule has 0 saturated heterocycles. The fourth-order valence-corrected chi connectivity index (χ4v) is 1.93. The van der Waals surface area contributed by atoms with Gasteiger partial charge in [0.2, 0.25) is 0 Å². The molecule has 0 radical (unpaired) electrons. The zero-order valence-electron chi connectivity index (χ0n) is 7.23. The molecule has 4 nitrogen and oxygen atoms in total. The van der Waals surface area contributed by atoms with Gasteiger partial charge in [-0.2, -0.15) is 0 Å². The van der Waals surface area contributed by atoms with Crippen LogP contribution in [0.4, 0.5) is 4.79 Å². The molecule has 1 unspecified atom stereocenters. The molecule has 1 rings (SSSR count). The van der Waals surface area contributed by atoms with Gasteiger partial charge >= 0.3 is 90.3 Å². The molecule has 1 aromatic rings. The first kappa shape index (κ1) is 11.2. The molecule has 0 heterocycles. The number of rotatable bonds is 3. The first-order chi connectivity index (χ1) is 6.58. The Labute approximate surface area is 90.5 Å². The summed E-state index contributed by atoms with van der Waals surface area (Å²) < 4.78 is 20.0. The molecule has 0 saturated carbocycles. The SMILES string of the molecule is Cc1cccc(O[Se](=O)OC(=O)Cl)c1. The summed E-state index contributed by atoms with van der Waals surface area (Å²) in [6, 6.07) is 6.90. The Morgan fingerprint density at radius 3 is 2.79 bits per heavy atom. The topological polar surface area (TPSA) is 52.6 Å². The molecule has 0 amide bonds. The summed E-state index contributed by atoms with van der Waals surface area (Å²) in [6.45, 7) is 1.86. The number of aryl methyl sites for hydroxylation is 1. The van der Waals surface area contributed by atoms with Crippen LogP contribution in [0.3, 0.4) is 0 Å². The Kier molecular flexibility index (Phi) is 4.07. The maximum absolute atomic E-state index is 11.0. The van der Waals surface area contributed by atoms with Crippen LogP contribution in [0.5, 0.6) is 5.75 Å². The molecule has 0 N–H and O–H groups in total. The molecule has 14 heavy (non-hydrogen) atoms. The minimum atomic E-state index is -3.11. The van der Waals surface area contributed by atoms with Gasteiger partial charge in [0, 0.05) is 0 Å². The second kappa shape index (κ2) is 5.10. The van der Waals surface area contributed by atoms with Crippen LogP contribution < -0.4 is 3.82 Å². The van der Waals surface area contributed by atoms with E-state index in [0.717, 1.165) is 5.56 Å². The van der Waals surface area contributed by atoms with Crippen molar-refractivity contribution in [2.75, 3.05) is 0 Å². The summed E-state index contributed by atoms with van der Waals surface area (Å²) in [5.41, 5.74) is -0.170. The second-order valence-electron chi connectivity index (χ2n) is 2.42. The molecule has 0 aromatic heterocycles. The zero-order valence-corrected chi connectivity index (χ0v) is 9.70. The van der Waals surface area contributed by atoms with Crippen LogP contribution in [0.1, 0.15) is 5.56 Å². The van der Waals surface area contributed by atoms with E-state index in [-0.39, 0.29) is 0 Å². The van der Waals surface area contributed by atoms with Crippen LogP contribution in [-0.2, 0) is 7.65 Å². The predicted octanol–water partition coefficient (Wildman–Crippen LogP) is 2.16. The maximum atomic E-state index is 11.0. The van der Waals surface area contributed by atoms with E-state index in [1.807, 2.05) is 13.0 Å². The van der Waals surface area contributed by atoms with Crippen LogP contribution in [0, 0.1) is 6.92 Å². The van der Waals surface area contributed by atoms with Gasteiger partial charge in [-0.3, -0.25) is 0 Å². The molecule has 76 valence electrons. The van der Waals surface area contributed by atoms with Crippen LogP contribution in [-0.4, -0.2) is 19.9 Å². The second-order valence-corrected chi connectivity index (χ2v) is 4.29. The van der Waals surface area contributed by atoms with Crippen molar-refractivity contribution in [3.8, 4) is 5.75 Å². The van der Waals surface area contributed by atoms with Crippen LogP contribution >= 0.6 is 11.6 Å². The van der Waals surface area contributed by atoms with Crippen molar-refractivity contribution in [2.24, 2.45) is 0 Å². The summed E-state index contributed by atoms with van der Waals surface area (Å²) >= 11 is 1.75. The third-order valence-corrected chi connectivity index (χ3v) is 2.86. The van der Waals surface area contributed by atoms with Gasteiger partial charge in [-0.25, -0.2) is 0 Å². The molecule has 1 aromatic carbocycles. The third-order valence-electron chi connectivity index (χ3n) is 1.29. The summed E-state index contributed by atoms with van der Waals surface area (Å²) in [6.07, 6.45) is 0. The van der Waals surface area contributed by atoms with Gasteiger partial charge in [-0.1, -0.05) is 0 Å². The van der Waals surface area contributed by atoms with Gasteiger partial charge < -0.3 is 0 Å². The third kappa shape index (κ3) is 3.87. The van der Waals surface area contributed by atoms with E-state index in [1.165, 1.54) is 0 Å². The normalized spacial score (nSPS) is 11.9. The monoisotopic (exact) mass is 282 g/mol. The number of halogens is 1. The molecular formula is C8H7ClO4Se. The van der Waals surface area contributed by atoms with E-state index in [9.17, 15) is 8.63 Å². The fourth-order valence-electron chi connectivity index (χ4n) is 0.816. The average molecular weight is 282 g/mol. The van der Waals surface area contributed by atoms with Crippen molar-refractivity contribution in [3.63, 3.8) is 0 Å². The molecule has 1 atom stereocenters. The van der Waals surface area contributed by atoms with Gasteiger partial charge in [-0.15, -0.1) is 0 Å². The van der Waals surface area contributed by atoms with E-state index in [1.54, 1.807) is 18.2 Å². The number of hydrogen-bond acceptors (Lipinski definition) is 4. The average Bonchev–Trinajstić information content (AvgIpc) is 2.01. The van der Waals surface area contributed by atoms with E-state index >= 15 is 0 Å². The summed E-state index contributed by atoms with van der Waals surface area (Å²) in [7, 11) is 0. The van der Waals surface area contributed by atoms with Crippen LogP contribution in [0.15, 0.2) is 24.3 Å². The van der Waals surface area contributed by atoms with Crippen LogP contribution in [0.2, 0.25) is 0 Å². The minimum absolute atomic E-state index is 0.392. The molecule has 0 aliphatic heterocycles. The Morgan fingerprint density at radius 2 is 2.21 bits per heavy atom. The Bertz CT molecular complexity index is 366. The van der Waals surface area contributed by atoms with E-state index in [4.69, 9.17) is 15.4 Å². The molecular weight excluding hydrogens is 274 g/mol. The Morgan fingerprint density at radius 1 is 1.50 bits per heavy atom. The summed E-state index contributed by atoms with van der Waals surface area (Å²) in [5, 5.41) is 0. The molecule has 0 aliphatic carbocycles. The summed E-state index contributed by atoms with van der Waals surface area (Å²) in [5.74, 6) is 0.392. The van der Waals surface area contributed by atoms with Gasteiger partial charge in [0.05, 0.1) is 0 Å². The number of carbonyl (C=O) groups excluding carboxylic acids is 1. The number of carbonyl (C=O) groups is 1. The van der Waals surface area contributed by atoms with Crippen molar-refractivity contribution in [2.45, 2.75) is 6.92 Å². The van der Waals surface area contributed by atoms with Crippen molar-refractivity contribution in [1.82, 2.24) is 0 Å². The summed E-state index contributed by atoms with van der Waals surface area (Å²) in [4.78, 5) is 10.2. The van der Waals surface area contributed by atoms with Gasteiger partial charge in [0.15, 0.2) is 0 Å². The quantitative estimate of drug-likeness (QED) is 0.629. The van der Waals surface area contributed by atoms with Crippen molar-refractivity contribution < 1.29 is 16.3 Å². The van der Waals surface area contributed by atoms with Gasteiger partial charge in [0.25, 0.3) is 0 Å². The molecule has 0 fully saturated rings. The number of hydrogen-bond donors (Lipinski definition) is 0. The first-order valence-electron chi connectivity index (χ1n) is 3.62. The zero-order chi connectivity index (χ0) is 10.6. The van der Waals surface area contributed by atoms with E-state index < -0.39 is 19.9 Å². The van der Waals surface area contributed by atoms with Crippen molar-refractivity contribution in [3.05, 3.63) is 29.8 Å². The molecule has 0 spiro atoms. The Hall–Kier alpha value is -0.901. The standard InChI is InChI=1S/C8H7ClO4Se/c1-6-3-2-4-7(5-6)12-14(11)13-8(9)10/h2-5H,1H3. The Balaban J connectivity index is 2.60. The van der Waals surface area contributed by atoms with E-state index in [0.29, 0.717) is 5.75 Å². The fraction of sp³-hybridized carbons (Fsp3) is 0.125. The molecule has 0 aliphatic rings. The number of benzene rings is 1. The van der Waals surface area contributed by atoms with Crippen LogP contribution in [0.25, 0.3) is 0 Å². The first-order valence-corrected chi connectivity index (χ1v) is 6.10. The van der Waals surface area contributed by atoms with Gasteiger partial charge in [0.1, 0.15) is 0 Å². The van der Waals surface area contributed by atoms with Crippen molar-refractivity contribution >= 4 is 31.5 Å². The molecule has 6 heteroatoms. The van der Waals surface area contributed by atoms with Gasteiger partial charge in [-0.05, 0) is 0 Å². The van der Waals surface area contributed by atoms with E-state index in [2.05, 4.69) is 3.82 Å². The predicted molar refractivity (Wildman–Crippen MR) is 50.6 cm³/mol. The molecule has 0 bridgehead atoms. The van der Waals surface area contributed by atoms with Crippen molar-refractivity contribution in [1.29, 1.82) is 0 Å².